The normalized spacial score (nSPS) is 17.7. The quantitative estimate of drug-likeness (QED) is 0.590. The van der Waals surface area contributed by atoms with Gasteiger partial charge in [-0.05, 0) is 48.9 Å². The third-order valence-electron chi connectivity index (χ3n) is 4.77. The van der Waals surface area contributed by atoms with Gasteiger partial charge >= 0.3 is 5.97 Å². The predicted octanol–water partition coefficient (Wildman–Crippen LogP) is 2.01. The average molecular weight is 396 g/mol. The molecule has 0 radical (unpaired) electrons. The zero-order chi connectivity index (χ0) is 20.4. The first-order valence-corrected chi connectivity index (χ1v) is 9.32. The van der Waals surface area contributed by atoms with Gasteiger partial charge in [-0.2, -0.15) is 0 Å². The summed E-state index contributed by atoms with van der Waals surface area (Å²) in [5.74, 6) is 0.308. The lowest BCUT2D eigenvalue weighted by molar-refractivity contribution is -0.121. The SMILES string of the molecule is CCOC(=O)c1ccc(N2C(=O)C[C@H](NCc3ccc4c(c3)OCO4)C2=O)cc1. The van der Waals surface area contributed by atoms with Crippen molar-refractivity contribution in [1.82, 2.24) is 5.32 Å². The van der Waals surface area contributed by atoms with Gasteiger partial charge in [0.15, 0.2) is 11.5 Å². The number of hydrogen-bond donors (Lipinski definition) is 1. The zero-order valence-electron chi connectivity index (χ0n) is 15.8. The minimum atomic E-state index is -0.613. The highest BCUT2D eigenvalue weighted by Gasteiger charge is 2.39. The van der Waals surface area contributed by atoms with Gasteiger partial charge in [0.1, 0.15) is 0 Å². The van der Waals surface area contributed by atoms with Crippen LogP contribution in [0.25, 0.3) is 0 Å². The van der Waals surface area contributed by atoms with E-state index in [4.69, 9.17) is 14.2 Å². The fourth-order valence-electron chi connectivity index (χ4n) is 3.32. The number of ether oxygens (including phenoxy) is 3. The Hall–Kier alpha value is -3.39. The van der Waals surface area contributed by atoms with E-state index in [0.29, 0.717) is 29.3 Å². The number of carbonyl (C=O) groups excluding carboxylic acids is 3. The first-order chi connectivity index (χ1) is 14.1. The molecule has 8 nitrogen and oxygen atoms in total. The minimum absolute atomic E-state index is 0.0724. The second kappa shape index (κ2) is 7.92. The van der Waals surface area contributed by atoms with Crippen molar-refractivity contribution in [3.8, 4) is 11.5 Å². The number of rotatable bonds is 6. The molecule has 1 saturated heterocycles. The van der Waals surface area contributed by atoms with Crippen LogP contribution in [0, 0.1) is 0 Å². The van der Waals surface area contributed by atoms with Gasteiger partial charge in [-0.1, -0.05) is 6.07 Å². The molecule has 2 amide bonds. The van der Waals surface area contributed by atoms with Crippen LogP contribution in [0.3, 0.4) is 0 Å². The summed E-state index contributed by atoms with van der Waals surface area (Å²) in [5, 5.41) is 3.13. The van der Waals surface area contributed by atoms with Gasteiger partial charge in [-0.15, -0.1) is 0 Å². The zero-order valence-corrected chi connectivity index (χ0v) is 15.8. The number of hydrogen-bond acceptors (Lipinski definition) is 7. The molecule has 2 aromatic rings. The summed E-state index contributed by atoms with van der Waals surface area (Å²) < 4.78 is 15.6. The Labute approximate surface area is 167 Å². The average Bonchev–Trinajstić information content (AvgIpc) is 3.30. The number of benzene rings is 2. The minimum Gasteiger partial charge on any atom is -0.462 e. The van der Waals surface area contributed by atoms with Crippen molar-refractivity contribution in [1.29, 1.82) is 0 Å². The molecule has 150 valence electrons. The van der Waals surface area contributed by atoms with E-state index in [1.807, 2.05) is 18.2 Å². The lowest BCUT2D eigenvalue weighted by atomic mass is 10.1. The van der Waals surface area contributed by atoms with Gasteiger partial charge in [-0.3, -0.25) is 9.59 Å². The highest BCUT2D eigenvalue weighted by Crippen LogP contribution is 2.32. The first-order valence-electron chi connectivity index (χ1n) is 9.32. The van der Waals surface area contributed by atoms with Crippen molar-refractivity contribution >= 4 is 23.5 Å². The summed E-state index contributed by atoms with van der Waals surface area (Å²) in [6.45, 7) is 2.62. The summed E-state index contributed by atoms with van der Waals surface area (Å²) in [7, 11) is 0. The number of fused-ring (bicyclic) bond motifs is 1. The van der Waals surface area contributed by atoms with Crippen molar-refractivity contribution in [3.05, 3.63) is 53.6 Å². The van der Waals surface area contributed by atoms with E-state index in [0.717, 1.165) is 10.5 Å². The van der Waals surface area contributed by atoms with Crippen LogP contribution in [0.1, 0.15) is 29.3 Å². The Balaban J connectivity index is 1.41. The van der Waals surface area contributed by atoms with Crippen molar-refractivity contribution in [2.75, 3.05) is 18.3 Å². The molecule has 29 heavy (non-hydrogen) atoms. The molecule has 0 spiro atoms. The Bertz CT molecular complexity index is 956. The Kier molecular flexibility index (Phi) is 5.18. The standard InChI is InChI=1S/C21H20N2O6/c1-2-27-21(26)14-4-6-15(7-5-14)23-19(24)10-16(20(23)25)22-11-13-3-8-17-18(9-13)29-12-28-17/h3-9,16,22H,2,10-12H2,1H3/t16-/m0/s1. The van der Waals surface area contributed by atoms with Crippen LogP contribution in [-0.4, -0.2) is 37.2 Å². The topological polar surface area (TPSA) is 94.2 Å². The lowest BCUT2D eigenvalue weighted by Gasteiger charge is -2.16. The summed E-state index contributed by atoms with van der Waals surface area (Å²) >= 11 is 0. The highest BCUT2D eigenvalue weighted by atomic mass is 16.7. The smallest absolute Gasteiger partial charge is 0.338 e. The van der Waals surface area contributed by atoms with E-state index < -0.39 is 12.0 Å². The maximum absolute atomic E-state index is 12.8. The molecule has 2 aliphatic rings. The van der Waals surface area contributed by atoms with Gasteiger partial charge in [0, 0.05) is 6.54 Å². The molecule has 0 bridgehead atoms. The number of nitrogens with one attached hydrogen (secondary N) is 1. The van der Waals surface area contributed by atoms with Gasteiger partial charge in [-0.25, -0.2) is 9.69 Å². The third kappa shape index (κ3) is 3.79. The molecule has 2 heterocycles. The van der Waals surface area contributed by atoms with E-state index in [1.54, 1.807) is 31.2 Å². The molecule has 0 aromatic heterocycles. The maximum atomic E-state index is 12.8. The third-order valence-corrected chi connectivity index (χ3v) is 4.77. The Morgan fingerprint density at radius 2 is 1.90 bits per heavy atom. The molecule has 0 unspecified atom stereocenters. The van der Waals surface area contributed by atoms with Crippen molar-refractivity contribution in [3.63, 3.8) is 0 Å². The number of carbonyl (C=O) groups is 3. The van der Waals surface area contributed by atoms with Crippen molar-refractivity contribution in [2.24, 2.45) is 0 Å². The monoisotopic (exact) mass is 396 g/mol. The maximum Gasteiger partial charge on any atom is 0.338 e. The Morgan fingerprint density at radius 1 is 1.14 bits per heavy atom. The van der Waals surface area contributed by atoms with Crippen LogP contribution >= 0.6 is 0 Å². The molecule has 2 aliphatic heterocycles. The van der Waals surface area contributed by atoms with Crippen LogP contribution in [-0.2, 0) is 20.9 Å². The molecule has 2 aromatic carbocycles. The van der Waals surface area contributed by atoms with Crippen molar-refractivity contribution < 1.29 is 28.6 Å². The van der Waals surface area contributed by atoms with Gasteiger partial charge < -0.3 is 19.5 Å². The molecule has 4 rings (SSSR count). The molecular formula is C21H20N2O6. The summed E-state index contributed by atoms with van der Waals surface area (Å²) in [6.07, 6.45) is 0.0724. The van der Waals surface area contributed by atoms with Crippen molar-refractivity contribution in [2.45, 2.75) is 25.9 Å². The van der Waals surface area contributed by atoms with Gasteiger partial charge in [0.05, 0.1) is 30.3 Å². The summed E-state index contributed by atoms with van der Waals surface area (Å²) in [4.78, 5) is 38.1. The number of amides is 2. The fraction of sp³-hybridized carbons (Fsp3) is 0.286. The second-order valence-corrected chi connectivity index (χ2v) is 6.66. The largest absolute Gasteiger partial charge is 0.462 e. The molecule has 1 atom stereocenters. The summed E-state index contributed by atoms with van der Waals surface area (Å²) in [6, 6.07) is 11.2. The van der Waals surface area contributed by atoms with Crippen LogP contribution in [0.2, 0.25) is 0 Å². The molecule has 1 N–H and O–H groups in total. The molecule has 8 heteroatoms. The number of imide groups is 1. The number of esters is 1. The second-order valence-electron chi connectivity index (χ2n) is 6.66. The summed E-state index contributed by atoms with van der Waals surface area (Å²) in [5.41, 5.74) is 1.72. The first kappa shape index (κ1) is 18.9. The predicted molar refractivity (Wildman–Crippen MR) is 103 cm³/mol. The van der Waals surface area contributed by atoms with Crippen LogP contribution in [0.5, 0.6) is 11.5 Å². The lowest BCUT2D eigenvalue weighted by Crippen LogP contribution is -2.38. The fourth-order valence-corrected chi connectivity index (χ4v) is 3.32. The van der Waals surface area contributed by atoms with E-state index in [9.17, 15) is 14.4 Å². The van der Waals surface area contributed by atoms with E-state index in [2.05, 4.69) is 5.32 Å². The van der Waals surface area contributed by atoms with Gasteiger partial charge in [0.2, 0.25) is 12.7 Å². The molecule has 0 aliphatic carbocycles. The Morgan fingerprint density at radius 3 is 2.66 bits per heavy atom. The number of nitrogens with zero attached hydrogens (tertiary/aromatic N) is 1. The van der Waals surface area contributed by atoms with Crippen LogP contribution < -0.4 is 19.7 Å². The number of anilines is 1. The van der Waals surface area contributed by atoms with E-state index in [-0.39, 0.29) is 31.6 Å². The molecule has 1 fully saturated rings. The van der Waals surface area contributed by atoms with Crippen LogP contribution in [0.4, 0.5) is 5.69 Å². The van der Waals surface area contributed by atoms with Gasteiger partial charge in [0.25, 0.3) is 5.91 Å². The van der Waals surface area contributed by atoms with E-state index >= 15 is 0 Å². The highest BCUT2D eigenvalue weighted by molar-refractivity contribution is 6.22. The molecule has 0 saturated carbocycles. The molecular weight excluding hydrogens is 376 g/mol. The van der Waals surface area contributed by atoms with E-state index in [1.165, 1.54) is 0 Å². The van der Waals surface area contributed by atoms with Crippen LogP contribution in [0.15, 0.2) is 42.5 Å².